The van der Waals surface area contributed by atoms with Gasteiger partial charge in [0.2, 0.25) is 0 Å². The highest BCUT2D eigenvalue weighted by atomic mass is 79.9. The van der Waals surface area contributed by atoms with E-state index in [2.05, 4.69) is 15.9 Å². The number of hydrogen-bond donors (Lipinski definition) is 1. The number of amides is 1. The first-order valence-electron chi connectivity index (χ1n) is 5.68. The highest BCUT2D eigenvalue weighted by molar-refractivity contribution is 9.10. The van der Waals surface area contributed by atoms with Crippen molar-refractivity contribution in [2.45, 2.75) is 0 Å². The normalized spacial score (nSPS) is 10.4. The number of hydrogen-bond acceptors (Lipinski definition) is 2. The SMILES string of the molecule is CN(C(=O)c1ccc(Cl)cc1Br)c1cc(Cl)ccc1N. The smallest absolute Gasteiger partial charge is 0.259 e. The molecule has 6 heteroatoms. The van der Waals surface area contributed by atoms with Gasteiger partial charge in [0.05, 0.1) is 16.9 Å². The van der Waals surface area contributed by atoms with Crippen molar-refractivity contribution in [3.63, 3.8) is 0 Å². The maximum atomic E-state index is 12.5. The van der Waals surface area contributed by atoms with E-state index in [4.69, 9.17) is 28.9 Å². The summed E-state index contributed by atoms with van der Waals surface area (Å²) in [6, 6.07) is 9.98. The first-order chi connectivity index (χ1) is 9.40. The molecule has 2 aromatic carbocycles. The largest absolute Gasteiger partial charge is 0.397 e. The fraction of sp³-hybridized carbons (Fsp3) is 0.0714. The van der Waals surface area contributed by atoms with E-state index in [0.29, 0.717) is 31.5 Å². The van der Waals surface area contributed by atoms with Crippen molar-refractivity contribution in [1.29, 1.82) is 0 Å². The van der Waals surface area contributed by atoms with Crippen LogP contribution in [0.2, 0.25) is 10.0 Å². The fourth-order valence-corrected chi connectivity index (χ4v) is 2.78. The van der Waals surface area contributed by atoms with Crippen molar-refractivity contribution in [3.8, 4) is 0 Å². The lowest BCUT2D eigenvalue weighted by molar-refractivity contribution is 0.0992. The van der Waals surface area contributed by atoms with Gasteiger partial charge in [0.25, 0.3) is 5.91 Å². The Hall–Kier alpha value is -1.23. The second-order valence-electron chi connectivity index (χ2n) is 4.19. The standard InChI is InChI=1S/C14H11BrCl2N2O/c1-19(13-7-9(17)3-5-12(13)18)14(20)10-4-2-8(16)6-11(10)15/h2-7H,18H2,1H3. The van der Waals surface area contributed by atoms with Gasteiger partial charge in [-0.05, 0) is 52.3 Å². The molecule has 0 saturated carbocycles. The minimum atomic E-state index is -0.206. The van der Waals surface area contributed by atoms with Crippen molar-refractivity contribution in [2.75, 3.05) is 17.7 Å². The lowest BCUT2D eigenvalue weighted by atomic mass is 10.2. The molecule has 0 aliphatic carbocycles. The summed E-state index contributed by atoms with van der Waals surface area (Å²) in [5, 5.41) is 1.07. The van der Waals surface area contributed by atoms with Crippen LogP contribution in [0.4, 0.5) is 11.4 Å². The van der Waals surface area contributed by atoms with Gasteiger partial charge in [0.15, 0.2) is 0 Å². The zero-order chi connectivity index (χ0) is 14.9. The summed E-state index contributed by atoms with van der Waals surface area (Å²) in [6.45, 7) is 0. The Morgan fingerprint density at radius 3 is 2.40 bits per heavy atom. The Balaban J connectivity index is 2.40. The third-order valence-corrected chi connectivity index (χ3v) is 3.95. The number of halogens is 3. The molecule has 0 saturated heterocycles. The summed E-state index contributed by atoms with van der Waals surface area (Å²) in [7, 11) is 1.64. The molecular weight excluding hydrogens is 363 g/mol. The second-order valence-corrected chi connectivity index (χ2v) is 5.92. The van der Waals surface area contributed by atoms with Crippen LogP contribution in [-0.4, -0.2) is 13.0 Å². The number of anilines is 2. The summed E-state index contributed by atoms with van der Waals surface area (Å²) in [4.78, 5) is 13.9. The van der Waals surface area contributed by atoms with Gasteiger partial charge in [-0.3, -0.25) is 4.79 Å². The van der Waals surface area contributed by atoms with E-state index in [1.807, 2.05) is 0 Å². The highest BCUT2D eigenvalue weighted by Gasteiger charge is 2.18. The zero-order valence-corrected chi connectivity index (χ0v) is 13.6. The molecule has 0 radical (unpaired) electrons. The molecule has 1 amide bonds. The van der Waals surface area contributed by atoms with E-state index in [1.165, 1.54) is 4.90 Å². The van der Waals surface area contributed by atoms with Crippen LogP contribution >= 0.6 is 39.1 Å². The van der Waals surface area contributed by atoms with Crippen LogP contribution in [0.15, 0.2) is 40.9 Å². The predicted octanol–water partition coefficient (Wildman–Crippen LogP) is 4.61. The third kappa shape index (κ3) is 3.08. The van der Waals surface area contributed by atoms with E-state index in [-0.39, 0.29) is 5.91 Å². The lowest BCUT2D eigenvalue weighted by Crippen LogP contribution is -2.27. The number of nitrogens with zero attached hydrogens (tertiary/aromatic N) is 1. The van der Waals surface area contributed by atoms with Crippen LogP contribution in [0.5, 0.6) is 0 Å². The number of benzene rings is 2. The number of rotatable bonds is 2. The Morgan fingerprint density at radius 1 is 1.15 bits per heavy atom. The molecule has 3 nitrogen and oxygen atoms in total. The quantitative estimate of drug-likeness (QED) is 0.781. The Bertz CT molecular complexity index is 676. The van der Waals surface area contributed by atoms with Gasteiger partial charge in [0, 0.05) is 21.6 Å². The molecule has 104 valence electrons. The molecule has 0 atom stereocenters. The summed E-state index contributed by atoms with van der Waals surface area (Å²) in [5.41, 5.74) is 7.42. The molecule has 20 heavy (non-hydrogen) atoms. The molecule has 2 rings (SSSR count). The van der Waals surface area contributed by atoms with Crippen molar-refractivity contribution in [1.82, 2.24) is 0 Å². The number of nitrogens with two attached hydrogens (primary N) is 1. The maximum absolute atomic E-state index is 12.5. The van der Waals surface area contributed by atoms with Crippen molar-refractivity contribution in [3.05, 3.63) is 56.5 Å². The Kier molecular flexibility index (Phi) is 4.58. The minimum absolute atomic E-state index is 0.206. The second kappa shape index (κ2) is 6.04. The van der Waals surface area contributed by atoms with Crippen LogP contribution < -0.4 is 10.6 Å². The van der Waals surface area contributed by atoms with Crippen molar-refractivity contribution >= 4 is 56.4 Å². The highest BCUT2D eigenvalue weighted by Crippen LogP contribution is 2.29. The molecule has 2 N–H and O–H groups in total. The summed E-state index contributed by atoms with van der Waals surface area (Å²) >= 11 is 15.1. The number of nitrogen functional groups attached to an aromatic ring is 1. The molecule has 0 unspecified atom stereocenters. The molecule has 0 bridgehead atoms. The van der Waals surface area contributed by atoms with Crippen molar-refractivity contribution < 1.29 is 4.79 Å². The van der Waals surface area contributed by atoms with Gasteiger partial charge >= 0.3 is 0 Å². The average Bonchev–Trinajstić information content (AvgIpc) is 2.40. The fourth-order valence-electron chi connectivity index (χ4n) is 1.76. The molecule has 0 spiro atoms. The minimum Gasteiger partial charge on any atom is -0.397 e. The third-order valence-electron chi connectivity index (χ3n) is 2.82. The first-order valence-corrected chi connectivity index (χ1v) is 7.23. The average molecular weight is 374 g/mol. The van der Waals surface area contributed by atoms with Gasteiger partial charge in [0.1, 0.15) is 0 Å². The Labute approximate surface area is 135 Å². The van der Waals surface area contributed by atoms with Crippen LogP contribution in [0.1, 0.15) is 10.4 Å². The number of carbonyl (C=O) groups is 1. The molecule has 2 aromatic rings. The van der Waals surface area contributed by atoms with Crippen molar-refractivity contribution in [2.24, 2.45) is 0 Å². The molecule has 0 heterocycles. The summed E-state index contributed by atoms with van der Waals surface area (Å²) < 4.78 is 0.627. The van der Waals surface area contributed by atoms with E-state index in [0.717, 1.165) is 0 Å². The molecular formula is C14H11BrCl2N2O. The molecule has 0 aliphatic heterocycles. The maximum Gasteiger partial charge on any atom is 0.259 e. The lowest BCUT2D eigenvalue weighted by Gasteiger charge is -2.20. The Morgan fingerprint density at radius 2 is 1.75 bits per heavy atom. The van der Waals surface area contributed by atoms with Crippen LogP contribution in [-0.2, 0) is 0 Å². The van der Waals surface area contributed by atoms with E-state index < -0.39 is 0 Å². The van der Waals surface area contributed by atoms with Crippen LogP contribution in [0, 0.1) is 0 Å². The topological polar surface area (TPSA) is 46.3 Å². The van der Waals surface area contributed by atoms with Gasteiger partial charge < -0.3 is 10.6 Å². The van der Waals surface area contributed by atoms with Crippen LogP contribution in [0.25, 0.3) is 0 Å². The van der Waals surface area contributed by atoms with Gasteiger partial charge in [-0.1, -0.05) is 23.2 Å². The zero-order valence-electron chi connectivity index (χ0n) is 10.5. The van der Waals surface area contributed by atoms with E-state index >= 15 is 0 Å². The van der Waals surface area contributed by atoms with Gasteiger partial charge in [-0.25, -0.2) is 0 Å². The van der Waals surface area contributed by atoms with Gasteiger partial charge in [-0.2, -0.15) is 0 Å². The van der Waals surface area contributed by atoms with Gasteiger partial charge in [-0.15, -0.1) is 0 Å². The molecule has 0 aliphatic rings. The summed E-state index contributed by atoms with van der Waals surface area (Å²) in [5.74, 6) is -0.206. The monoisotopic (exact) mass is 372 g/mol. The first kappa shape index (κ1) is 15.2. The van der Waals surface area contributed by atoms with Crippen LogP contribution in [0.3, 0.4) is 0 Å². The van der Waals surface area contributed by atoms with E-state index in [1.54, 1.807) is 43.4 Å². The summed E-state index contributed by atoms with van der Waals surface area (Å²) in [6.07, 6.45) is 0. The van der Waals surface area contributed by atoms with E-state index in [9.17, 15) is 4.79 Å². The molecule has 0 fully saturated rings. The predicted molar refractivity (Wildman–Crippen MR) is 87.7 cm³/mol. The number of carbonyl (C=O) groups excluding carboxylic acids is 1. The molecule has 0 aromatic heterocycles.